The Bertz CT molecular complexity index is 1210. The molecule has 1 aromatic carbocycles. The molecule has 1 N–H and O–H groups in total. The summed E-state index contributed by atoms with van der Waals surface area (Å²) < 4.78 is 33.4. The lowest BCUT2D eigenvalue weighted by Gasteiger charge is -2.30. The third-order valence-electron chi connectivity index (χ3n) is 5.78. The predicted molar refractivity (Wildman–Crippen MR) is 126 cm³/mol. The Balaban J connectivity index is 1.39. The number of nitrogens with one attached hydrogen (secondary N) is 1. The number of carbonyl (C=O) groups excluding carboxylic acids is 1. The van der Waals surface area contributed by atoms with Crippen molar-refractivity contribution in [3.63, 3.8) is 0 Å². The van der Waals surface area contributed by atoms with E-state index in [-0.39, 0.29) is 22.6 Å². The zero-order valence-electron chi connectivity index (χ0n) is 18.9. The Morgan fingerprint density at radius 2 is 1.94 bits per heavy atom. The summed E-state index contributed by atoms with van der Waals surface area (Å²) in [6, 6.07) is 11.4. The number of carbonyl (C=O) groups is 1. The summed E-state index contributed by atoms with van der Waals surface area (Å²) in [6.07, 6.45) is 0.997. The van der Waals surface area contributed by atoms with Crippen LogP contribution in [0.5, 0.6) is 0 Å². The van der Waals surface area contributed by atoms with E-state index >= 15 is 0 Å². The van der Waals surface area contributed by atoms with Gasteiger partial charge in [-0.2, -0.15) is 9.29 Å². The first-order valence-corrected chi connectivity index (χ1v) is 13.3. The van der Waals surface area contributed by atoms with Crippen molar-refractivity contribution in [2.75, 3.05) is 13.1 Å². The number of thiophene rings is 1. The Labute approximate surface area is 198 Å². The van der Waals surface area contributed by atoms with Crippen molar-refractivity contribution >= 4 is 27.3 Å². The second kappa shape index (κ2) is 9.74. The maximum atomic E-state index is 13.3. The van der Waals surface area contributed by atoms with Gasteiger partial charge in [-0.1, -0.05) is 49.3 Å². The first kappa shape index (κ1) is 23.6. The van der Waals surface area contributed by atoms with Crippen LogP contribution in [0.4, 0.5) is 0 Å². The molecule has 0 unspecified atom stereocenters. The third-order valence-corrected chi connectivity index (χ3v) is 8.98. The SMILES string of the molecule is Cc1sc(-c2noc(C(C)C)n2)cc1S(=O)(=O)N1CCC(C(=O)NCc2ccccc2)CC1. The molecular formula is C23H28N4O4S2. The van der Waals surface area contributed by atoms with E-state index in [9.17, 15) is 13.2 Å². The zero-order chi connectivity index (χ0) is 23.6. The fourth-order valence-electron chi connectivity index (χ4n) is 3.83. The maximum Gasteiger partial charge on any atom is 0.244 e. The second-order valence-electron chi connectivity index (χ2n) is 8.52. The molecule has 1 fully saturated rings. The lowest BCUT2D eigenvalue weighted by molar-refractivity contribution is -0.126. The number of hydrogen-bond donors (Lipinski definition) is 1. The first-order chi connectivity index (χ1) is 15.8. The summed E-state index contributed by atoms with van der Waals surface area (Å²) in [5, 5.41) is 6.96. The molecule has 3 heterocycles. The minimum Gasteiger partial charge on any atom is -0.352 e. The molecule has 0 atom stereocenters. The molecule has 3 aromatic rings. The van der Waals surface area contributed by atoms with Crippen LogP contribution in [0.25, 0.3) is 10.7 Å². The van der Waals surface area contributed by atoms with E-state index in [0.717, 1.165) is 5.56 Å². The van der Waals surface area contributed by atoms with Crippen LogP contribution in [0.15, 0.2) is 45.8 Å². The summed E-state index contributed by atoms with van der Waals surface area (Å²) in [5.41, 5.74) is 1.04. The van der Waals surface area contributed by atoms with E-state index in [2.05, 4.69) is 15.5 Å². The van der Waals surface area contributed by atoms with Gasteiger partial charge >= 0.3 is 0 Å². The molecule has 0 bridgehead atoms. The number of rotatable bonds is 7. The molecule has 10 heteroatoms. The molecule has 0 aliphatic carbocycles. The van der Waals surface area contributed by atoms with E-state index in [0.29, 0.717) is 53.9 Å². The molecule has 2 aromatic heterocycles. The van der Waals surface area contributed by atoms with Gasteiger partial charge in [0.1, 0.15) is 0 Å². The molecule has 176 valence electrons. The maximum absolute atomic E-state index is 13.3. The Hall–Kier alpha value is -2.56. The number of nitrogens with zero attached hydrogens (tertiary/aromatic N) is 3. The number of hydrogen-bond acceptors (Lipinski definition) is 7. The number of aryl methyl sites for hydroxylation is 1. The van der Waals surface area contributed by atoms with Crippen molar-refractivity contribution in [3.05, 3.63) is 52.7 Å². The van der Waals surface area contributed by atoms with Crippen molar-refractivity contribution in [2.24, 2.45) is 5.92 Å². The van der Waals surface area contributed by atoms with Crippen LogP contribution in [-0.4, -0.2) is 41.9 Å². The monoisotopic (exact) mass is 488 g/mol. The molecule has 0 spiro atoms. The van der Waals surface area contributed by atoms with Gasteiger partial charge in [0.2, 0.25) is 27.6 Å². The van der Waals surface area contributed by atoms with Gasteiger partial charge in [-0.25, -0.2) is 8.42 Å². The molecule has 0 saturated carbocycles. The van der Waals surface area contributed by atoms with E-state index in [1.54, 1.807) is 13.0 Å². The van der Waals surface area contributed by atoms with Gasteiger partial charge in [0.05, 0.1) is 9.77 Å². The van der Waals surface area contributed by atoms with E-state index in [1.807, 2.05) is 44.2 Å². The molecule has 33 heavy (non-hydrogen) atoms. The van der Waals surface area contributed by atoms with Crippen LogP contribution in [0.2, 0.25) is 0 Å². The molecule has 8 nitrogen and oxygen atoms in total. The largest absolute Gasteiger partial charge is 0.352 e. The van der Waals surface area contributed by atoms with E-state index < -0.39 is 10.0 Å². The van der Waals surface area contributed by atoms with Crippen LogP contribution in [0, 0.1) is 12.8 Å². The molecule has 1 saturated heterocycles. The Kier molecular flexibility index (Phi) is 6.96. The highest BCUT2D eigenvalue weighted by atomic mass is 32.2. The van der Waals surface area contributed by atoms with Crippen molar-refractivity contribution in [2.45, 2.75) is 51.0 Å². The standard InChI is InChI=1S/C23H28N4O4S2/c1-15(2)23-25-21(26-31-23)19-13-20(16(3)32-19)33(29,30)27-11-9-18(10-12-27)22(28)24-14-17-7-5-4-6-8-17/h4-8,13,15,18H,9-12,14H2,1-3H3,(H,24,28). The Morgan fingerprint density at radius 3 is 2.58 bits per heavy atom. The number of amides is 1. The van der Waals surface area contributed by atoms with Crippen molar-refractivity contribution in [3.8, 4) is 10.7 Å². The van der Waals surface area contributed by atoms with Crippen LogP contribution in [0.3, 0.4) is 0 Å². The van der Waals surface area contributed by atoms with Crippen LogP contribution < -0.4 is 5.32 Å². The van der Waals surface area contributed by atoms with Crippen molar-refractivity contribution in [1.82, 2.24) is 19.8 Å². The molecule has 0 radical (unpaired) electrons. The highest BCUT2D eigenvalue weighted by Gasteiger charge is 2.34. The van der Waals surface area contributed by atoms with Gasteiger partial charge in [-0.05, 0) is 31.4 Å². The second-order valence-corrected chi connectivity index (χ2v) is 11.7. The summed E-state index contributed by atoms with van der Waals surface area (Å²) in [5.74, 6) is 0.813. The van der Waals surface area contributed by atoms with Gasteiger partial charge in [0.25, 0.3) is 0 Å². The first-order valence-electron chi connectivity index (χ1n) is 11.0. The van der Waals surface area contributed by atoms with Gasteiger partial charge < -0.3 is 9.84 Å². The summed E-state index contributed by atoms with van der Waals surface area (Å²) in [6.45, 7) is 6.81. The van der Waals surface area contributed by atoms with E-state index in [1.165, 1.54) is 15.6 Å². The van der Waals surface area contributed by atoms with Crippen molar-refractivity contribution < 1.29 is 17.7 Å². The van der Waals surface area contributed by atoms with E-state index in [4.69, 9.17) is 4.52 Å². The Morgan fingerprint density at radius 1 is 1.24 bits per heavy atom. The summed E-state index contributed by atoms with van der Waals surface area (Å²) in [7, 11) is -3.67. The van der Waals surface area contributed by atoms with Crippen LogP contribution in [0.1, 0.15) is 48.9 Å². The molecular weight excluding hydrogens is 460 g/mol. The molecule has 4 rings (SSSR count). The fraction of sp³-hybridized carbons (Fsp3) is 0.435. The third kappa shape index (κ3) is 5.18. The highest BCUT2D eigenvalue weighted by Crippen LogP contribution is 2.35. The average molecular weight is 489 g/mol. The van der Waals surface area contributed by atoms with Gasteiger partial charge in [-0.3, -0.25) is 4.79 Å². The highest BCUT2D eigenvalue weighted by molar-refractivity contribution is 7.89. The number of sulfonamides is 1. The van der Waals surface area contributed by atoms with Crippen molar-refractivity contribution in [1.29, 1.82) is 0 Å². The number of piperidine rings is 1. The number of aromatic nitrogens is 2. The van der Waals surface area contributed by atoms with Gasteiger partial charge in [-0.15, -0.1) is 11.3 Å². The smallest absolute Gasteiger partial charge is 0.244 e. The quantitative estimate of drug-likeness (QED) is 0.540. The summed E-state index contributed by atoms with van der Waals surface area (Å²) >= 11 is 1.34. The molecule has 1 aliphatic heterocycles. The minimum atomic E-state index is -3.67. The van der Waals surface area contributed by atoms with Crippen LogP contribution in [-0.2, 0) is 21.4 Å². The number of benzene rings is 1. The topological polar surface area (TPSA) is 105 Å². The predicted octanol–water partition coefficient (Wildman–Crippen LogP) is 3.95. The molecule has 1 amide bonds. The average Bonchev–Trinajstić information content (AvgIpc) is 3.46. The zero-order valence-corrected chi connectivity index (χ0v) is 20.6. The molecule has 1 aliphatic rings. The normalized spacial score (nSPS) is 15.8. The summed E-state index contributed by atoms with van der Waals surface area (Å²) in [4.78, 5) is 18.6. The lowest BCUT2D eigenvalue weighted by Crippen LogP contribution is -2.42. The van der Waals surface area contributed by atoms with Gasteiger partial charge in [0, 0.05) is 36.3 Å². The minimum absolute atomic E-state index is 0.0250. The lowest BCUT2D eigenvalue weighted by atomic mass is 9.97. The van der Waals surface area contributed by atoms with Gasteiger partial charge in [0.15, 0.2) is 0 Å². The van der Waals surface area contributed by atoms with Crippen LogP contribution >= 0.6 is 11.3 Å². The fourth-order valence-corrected chi connectivity index (χ4v) is 6.78.